The molecule has 54 heavy (non-hydrogen) atoms. The lowest BCUT2D eigenvalue weighted by atomic mass is 9.98. The fourth-order valence-electron chi connectivity index (χ4n) is 9.00. The van der Waals surface area contributed by atoms with Crippen LogP contribution >= 0.6 is 11.3 Å². The molecule has 0 fully saturated rings. The van der Waals surface area contributed by atoms with E-state index in [0.717, 1.165) is 27.5 Å². The molecule has 11 aromatic rings. The summed E-state index contributed by atoms with van der Waals surface area (Å²) in [5.41, 5.74) is 7.01. The van der Waals surface area contributed by atoms with Crippen LogP contribution in [0.1, 0.15) is 17.3 Å². The van der Waals surface area contributed by atoms with E-state index in [9.17, 15) is 0 Å². The second-order valence-electron chi connectivity index (χ2n) is 14.3. The number of rotatable bonds is 3. The van der Waals surface area contributed by atoms with Gasteiger partial charge in [0.05, 0.1) is 27.8 Å². The second-order valence-corrected chi connectivity index (χ2v) is 15.4. The van der Waals surface area contributed by atoms with Crippen LogP contribution in [0, 0.1) is 0 Å². The zero-order valence-electron chi connectivity index (χ0n) is 29.1. The number of hydrogen-bond donors (Lipinski definition) is 1. The van der Waals surface area contributed by atoms with Crippen LogP contribution in [-0.4, -0.2) is 4.57 Å². The molecule has 3 heterocycles. The van der Waals surface area contributed by atoms with E-state index in [1.54, 1.807) is 0 Å². The molecule has 0 spiro atoms. The van der Waals surface area contributed by atoms with Crippen molar-refractivity contribution >= 4 is 91.3 Å². The maximum atomic E-state index is 5.37. The summed E-state index contributed by atoms with van der Waals surface area (Å²) in [6.45, 7) is 0. The Kier molecular flexibility index (Phi) is 6.27. The molecule has 9 aromatic carbocycles. The van der Waals surface area contributed by atoms with E-state index >= 15 is 0 Å². The minimum Gasteiger partial charge on any atom is -0.359 e. The van der Waals surface area contributed by atoms with Crippen molar-refractivity contribution in [2.24, 2.45) is 4.99 Å². The Bertz CT molecular complexity index is 3400. The summed E-state index contributed by atoms with van der Waals surface area (Å²) < 4.78 is 5.10. The van der Waals surface area contributed by atoms with Gasteiger partial charge >= 0.3 is 0 Å². The van der Waals surface area contributed by atoms with Gasteiger partial charge in [-0.1, -0.05) is 133 Å². The van der Waals surface area contributed by atoms with Gasteiger partial charge in [-0.25, -0.2) is 0 Å². The predicted octanol–water partition coefficient (Wildman–Crippen LogP) is 11.7. The molecule has 1 unspecified atom stereocenters. The van der Waals surface area contributed by atoms with Gasteiger partial charge in [-0.15, -0.1) is 11.3 Å². The number of hydrogen-bond acceptors (Lipinski definition) is 3. The number of aromatic nitrogens is 1. The standard InChI is InChI=1S/C50H31N3S/c1-3-13-33-30(11-1)21-25-43-47(33)48-34-14-4-2-12-31(34)22-26-44(48)53(43)42-27-24-38(35-15-5-6-16-36(35)42)50-51-41-19-9-7-18-39(41)49(52-50)32-23-28-46-40(29-32)37-17-8-10-20-45(37)54-46/h1-29,50,52H. The average Bonchev–Trinajstić information content (AvgIpc) is 3.79. The highest BCUT2D eigenvalue weighted by Gasteiger charge is 2.23. The van der Waals surface area contributed by atoms with Crippen LogP contribution in [0.5, 0.6) is 0 Å². The topological polar surface area (TPSA) is 29.3 Å². The predicted molar refractivity (Wildman–Crippen MR) is 228 cm³/mol. The summed E-state index contributed by atoms with van der Waals surface area (Å²) in [5.74, 6) is 0. The first-order valence-electron chi connectivity index (χ1n) is 18.5. The van der Waals surface area contributed by atoms with Gasteiger partial charge in [0.2, 0.25) is 0 Å². The minimum absolute atomic E-state index is 0.269. The van der Waals surface area contributed by atoms with Crippen LogP contribution in [0.4, 0.5) is 0 Å². The lowest BCUT2D eigenvalue weighted by Gasteiger charge is -2.25. The van der Waals surface area contributed by atoms with Crippen LogP contribution in [0.2, 0.25) is 0 Å². The second kappa shape index (κ2) is 11.4. The van der Waals surface area contributed by atoms with Crippen molar-refractivity contribution in [1.29, 1.82) is 0 Å². The first kappa shape index (κ1) is 29.8. The van der Waals surface area contributed by atoms with Crippen molar-refractivity contribution in [3.8, 4) is 5.69 Å². The summed E-state index contributed by atoms with van der Waals surface area (Å²) in [6, 6.07) is 64.3. The maximum Gasteiger partial charge on any atom is 0.146 e. The Hall–Kier alpha value is -6.75. The zero-order valence-corrected chi connectivity index (χ0v) is 29.9. The highest BCUT2D eigenvalue weighted by molar-refractivity contribution is 7.25. The van der Waals surface area contributed by atoms with Crippen molar-refractivity contribution in [2.45, 2.75) is 6.17 Å². The number of nitrogens with one attached hydrogen (secondary N) is 1. The molecule has 4 heteroatoms. The molecule has 252 valence electrons. The van der Waals surface area contributed by atoms with Crippen molar-refractivity contribution in [3.05, 3.63) is 198 Å². The molecule has 12 rings (SSSR count). The SMILES string of the molecule is c1ccc2c(c1)=NC(c1ccc(-n3c4ccc5ccccc5c4c4c5ccccc5ccc43)c3ccccc13)NC=2c1ccc2sc3ccccc3c2c1. The fraction of sp³-hybridized carbons (Fsp3) is 0.0200. The lowest BCUT2D eigenvalue weighted by molar-refractivity contribution is 0.639. The molecule has 1 N–H and O–H groups in total. The molecule has 0 bridgehead atoms. The average molecular weight is 706 g/mol. The van der Waals surface area contributed by atoms with Crippen molar-refractivity contribution in [2.75, 3.05) is 0 Å². The number of fused-ring (bicyclic) bond motifs is 12. The molecule has 1 aliphatic rings. The van der Waals surface area contributed by atoms with E-state index in [1.165, 1.54) is 79.9 Å². The molecule has 3 nitrogen and oxygen atoms in total. The summed E-state index contributed by atoms with van der Waals surface area (Å²) in [5, 5.41) is 18.7. The number of para-hydroxylation sites is 1. The zero-order chi connectivity index (χ0) is 35.3. The summed E-state index contributed by atoms with van der Waals surface area (Å²) in [4.78, 5) is 5.37. The molecule has 0 radical (unpaired) electrons. The monoisotopic (exact) mass is 705 g/mol. The van der Waals surface area contributed by atoms with Crippen LogP contribution in [0.25, 0.3) is 85.7 Å². The summed E-state index contributed by atoms with van der Waals surface area (Å²) in [7, 11) is 0. The van der Waals surface area contributed by atoms with E-state index in [-0.39, 0.29) is 6.17 Å². The highest BCUT2D eigenvalue weighted by atomic mass is 32.1. The first-order chi connectivity index (χ1) is 26.8. The molecule has 0 aliphatic carbocycles. The van der Waals surface area contributed by atoms with Crippen molar-refractivity contribution in [1.82, 2.24) is 9.88 Å². The quantitative estimate of drug-likeness (QED) is 0.195. The third kappa shape index (κ3) is 4.26. The van der Waals surface area contributed by atoms with Gasteiger partial charge in [0.15, 0.2) is 0 Å². The van der Waals surface area contributed by atoms with Crippen LogP contribution < -0.4 is 15.9 Å². The Morgan fingerprint density at radius 3 is 1.85 bits per heavy atom. The van der Waals surface area contributed by atoms with Gasteiger partial charge in [0.1, 0.15) is 6.17 Å². The molecule has 2 aromatic heterocycles. The van der Waals surface area contributed by atoms with Gasteiger partial charge in [-0.2, -0.15) is 0 Å². The normalized spacial score (nSPS) is 14.4. The number of nitrogens with zero attached hydrogens (tertiary/aromatic N) is 2. The van der Waals surface area contributed by atoms with Crippen molar-refractivity contribution < 1.29 is 0 Å². The van der Waals surface area contributed by atoms with E-state index in [0.29, 0.717) is 0 Å². The maximum absolute atomic E-state index is 5.37. The van der Waals surface area contributed by atoms with Crippen LogP contribution in [0.15, 0.2) is 181 Å². The molecule has 0 saturated carbocycles. The van der Waals surface area contributed by atoms with Gasteiger partial charge in [0, 0.05) is 47.1 Å². The molecule has 0 saturated heterocycles. The Morgan fingerprint density at radius 1 is 0.481 bits per heavy atom. The summed E-state index contributed by atoms with van der Waals surface area (Å²) >= 11 is 1.85. The fourth-order valence-corrected chi connectivity index (χ4v) is 10.1. The van der Waals surface area contributed by atoms with Gasteiger partial charge < -0.3 is 9.88 Å². The molecule has 0 amide bonds. The van der Waals surface area contributed by atoms with Crippen LogP contribution in [0.3, 0.4) is 0 Å². The number of thiophene rings is 1. The highest BCUT2D eigenvalue weighted by Crippen LogP contribution is 2.43. The molecule has 1 aliphatic heterocycles. The van der Waals surface area contributed by atoms with E-state index < -0.39 is 0 Å². The number of benzene rings is 9. The third-order valence-corrected chi connectivity index (χ3v) is 12.6. The third-order valence-electron chi connectivity index (χ3n) is 11.4. The lowest BCUT2D eigenvalue weighted by Crippen LogP contribution is -2.39. The van der Waals surface area contributed by atoms with E-state index in [2.05, 4.69) is 186 Å². The molecular weight excluding hydrogens is 675 g/mol. The van der Waals surface area contributed by atoms with Crippen LogP contribution in [-0.2, 0) is 0 Å². The van der Waals surface area contributed by atoms with Gasteiger partial charge in [0.25, 0.3) is 0 Å². The van der Waals surface area contributed by atoms with Crippen molar-refractivity contribution in [3.63, 3.8) is 0 Å². The van der Waals surface area contributed by atoms with E-state index in [4.69, 9.17) is 4.99 Å². The molecule has 1 atom stereocenters. The smallest absolute Gasteiger partial charge is 0.146 e. The molecular formula is C50H31N3S. The largest absolute Gasteiger partial charge is 0.359 e. The van der Waals surface area contributed by atoms with Gasteiger partial charge in [-0.05, 0) is 75.0 Å². The Morgan fingerprint density at radius 2 is 1.09 bits per heavy atom. The first-order valence-corrected chi connectivity index (χ1v) is 19.3. The Labute approximate surface area is 314 Å². The van der Waals surface area contributed by atoms with E-state index in [1.807, 2.05) is 11.3 Å². The minimum atomic E-state index is -0.269. The summed E-state index contributed by atoms with van der Waals surface area (Å²) in [6.07, 6.45) is -0.269. The van der Waals surface area contributed by atoms with Gasteiger partial charge in [-0.3, -0.25) is 4.99 Å². The Balaban J connectivity index is 1.08.